The van der Waals surface area contributed by atoms with Crippen molar-refractivity contribution in [1.82, 2.24) is 5.32 Å². The first-order valence-corrected chi connectivity index (χ1v) is 6.08. The van der Waals surface area contributed by atoms with Gasteiger partial charge in [0.1, 0.15) is 11.6 Å². The van der Waals surface area contributed by atoms with Gasteiger partial charge in [-0.15, -0.1) is 0 Å². The highest BCUT2D eigenvalue weighted by atomic mass is 19.1. The quantitative estimate of drug-likeness (QED) is 0.700. The summed E-state index contributed by atoms with van der Waals surface area (Å²) < 4.78 is 23.7. The van der Waals surface area contributed by atoms with Crippen LogP contribution in [0, 0.1) is 5.82 Å². The summed E-state index contributed by atoms with van der Waals surface area (Å²) in [5.41, 5.74) is 0.516. The third-order valence-corrected chi connectivity index (χ3v) is 2.37. The number of phenols is 1. The molecule has 0 heterocycles. The van der Waals surface area contributed by atoms with Gasteiger partial charge < -0.3 is 19.9 Å². The molecule has 18 heavy (non-hydrogen) atoms. The number of nitrogens with one attached hydrogen (secondary N) is 1. The third kappa shape index (κ3) is 5.00. The average Bonchev–Trinajstić information content (AvgIpc) is 2.34. The highest BCUT2D eigenvalue weighted by Crippen LogP contribution is 2.17. The lowest BCUT2D eigenvalue weighted by molar-refractivity contribution is -0.133. The topological polar surface area (TPSA) is 50.7 Å². The zero-order valence-corrected chi connectivity index (χ0v) is 10.8. The Morgan fingerprint density at radius 2 is 1.94 bits per heavy atom. The van der Waals surface area contributed by atoms with Crippen molar-refractivity contribution in [3.05, 3.63) is 29.6 Å². The van der Waals surface area contributed by atoms with Gasteiger partial charge in [-0.05, 0) is 32.0 Å². The lowest BCUT2D eigenvalue weighted by Crippen LogP contribution is -2.31. The molecule has 0 aromatic heterocycles. The smallest absolute Gasteiger partial charge is 0.169 e. The fourth-order valence-corrected chi connectivity index (χ4v) is 1.56. The van der Waals surface area contributed by atoms with E-state index in [0.717, 1.165) is 0 Å². The third-order valence-electron chi connectivity index (χ3n) is 2.37. The fourth-order valence-electron chi connectivity index (χ4n) is 1.56. The normalized spacial score (nSPS) is 11.1. The minimum atomic E-state index is -0.365. The second-order valence-electron chi connectivity index (χ2n) is 3.74. The molecule has 0 spiro atoms. The largest absolute Gasteiger partial charge is 0.508 e. The predicted octanol–water partition coefficient (Wildman–Crippen LogP) is 2.02. The molecule has 0 saturated heterocycles. The van der Waals surface area contributed by atoms with E-state index >= 15 is 0 Å². The first-order chi connectivity index (χ1) is 8.67. The zero-order chi connectivity index (χ0) is 13.4. The van der Waals surface area contributed by atoms with Crippen molar-refractivity contribution in [2.75, 3.05) is 19.8 Å². The Morgan fingerprint density at radius 3 is 2.56 bits per heavy atom. The lowest BCUT2D eigenvalue weighted by Gasteiger charge is -2.17. The summed E-state index contributed by atoms with van der Waals surface area (Å²) >= 11 is 0. The molecule has 0 amide bonds. The molecule has 1 aromatic rings. The summed E-state index contributed by atoms with van der Waals surface area (Å²) in [5.74, 6) is -0.288. The maximum atomic E-state index is 13.0. The maximum absolute atomic E-state index is 13.0. The Kier molecular flexibility index (Phi) is 6.64. The Balaban J connectivity index is 2.41. The molecule has 4 nitrogen and oxygen atoms in total. The highest BCUT2D eigenvalue weighted by Gasteiger charge is 2.08. The zero-order valence-electron chi connectivity index (χ0n) is 10.8. The summed E-state index contributed by atoms with van der Waals surface area (Å²) in [4.78, 5) is 0. The number of phenolic OH excluding ortho intramolecular Hbond substituents is 1. The summed E-state index contributed by atoms with van der Waals surface area (Å²) in [6.45, 7) is 5.77. The number of halogens is 1. The van der Waals surface area contributed by atoms with Crippen LogP contribution in [0.15, 0.2) is 18.2 Å². The van der Waals surface area contributed by atoms with E-state index in [1.807, 2.05) is 13.8 Å². The SMILES string of the molecule is CCOC(CNCc1cc(F)ccc1O)OCC. The van der Waals surface area contributed by atoms with Gasteiger partial charge in [0, 0.05) is 31.9 Å². The standard InChI is InChI=1S/C13H20FNO3/c1-3-17-13(18-4-2)9-15-8-10-7-11(14)5-6-12(10)16/h5-7,13,15-16H,3-4,8-9H2,1-2H3. The van der Waals surface area contributed by atoms with Crippen LogP contribution >= 0.6 is 0 Å². The maximum Gasteiger partial charge on any atom is 0.169 e. The Labute approximate surface area is 107 Å². The molecule has 0 fully saturated rings. The molecular formula is C13H20FNO3. The molecule has 0 radical (unpaired) electrons. The summed E-state index contributed by atoms with van der Waals surface area (Å²) in [6.07, 6.45) is -0.323. The summed E-state index contributed by atoms with van der Waals surface area (Å²) in [6, 6.07) is 3.87. The van der Waals surface area contributed by atoms with Gasteiger partial charge in [0.05, 0.1) is 0 Å². The van der Waals surface area contributed by atoms with E-state index < -0.39 is 0 Å². The van der Waals surface area contributed by atoms with Crippen LogP contribution in [0.3, 0.4) is 0 Å². The lowest BCUT2D eigenvalue weighted by atomic mass is 10.2. The number of benzene rings is 1. The average molecular weight is 257 g/mol. The van der Waals surface area contributed by atoms with E-state index in [0.29, 0.717) is 31.9 Å². The number of rotatable bonds is 8. The predicted molar refractivity (Wildman–Crippen MR) is 66.8 cm³/mol. The number of hydrogen-bond acceptors (Lipinski definition) is 4. The van der Waals surface area contributed by atoms with Crippen LogP contribution in [-0.4, -0.2) is 31.2 Å². The number of ether oxygens (including phenoxy) is 2. The Bertz CT molecular complexity index is 354. The van der Waals surface area contributed by atoms with Gasteiger partial charge in [-0.25, -0.2) is 4.39 Å². The van der Waals surface area contributed by atoms with Crippen molar-refractivity contribution in [2.45, 2.75) is 26.7 Å². The van der Waals surface area contributed by atoms with Crippen molar-refractivity contribution in [3.8, 4) is 5.75 Å². The van der Waals surface area contributed by atoms with Crippen LogP contribution in [-0.2, 0) is 16.0 Å². The first-order valence-electron chi connectivity index (χ1n) is 6.08. The molecule has 2 N–H and O–H groups in total. The minimum absolute atomic E-state index is 0.0771. The van der Waals surface area contributed by atoms with E-state index in [-0.39, 0.29) is 17.9 Å². The number of hydrogen-bond donors (Lipinski definition) is 2. The van der Waals surface area contributed by atoms with Crippen molar-refractivity contribution in [2.24, 2.45) is 0 Å². The van der Waals surface area contributed by atoms with Gasteiger partial charge in [0.25, 0.3) is 0 Å². The van der Waals surface area contributed by atoms with Crippen molar-refractivity contribution < 1.29 is 19.0 Å². The van der Waals surface area contributed by atoms with Gasteiger partial charge in [0.2, 0.25) is 0 Å². The van der Waals surface area contributed by atoms with Crippen molar-refractivity contribution >= 4 is 0 Å². The second-order valence-corrected chi connectivity index (χ2v) is 3.74. The van der Waals surface area contributed by atoms with Gasteiger partial charge in [-0.1, -0.05) is 0 Å². The Hall–Kier alpha value is -1.17. The molecule has 0 saturated carbocycles. The van der Waals surface area contributed by atoms with Crippen molar-refractivity contribution in [3.63, 3.8) is 0 Å². The van der Waals surface area contributed by atoms with Crippen LogP contribution in [0.1, 0.15) is 19.4 Å². The van der Waals surface area contributed by atoms with Crippen LogP contribution < -0.4 is 5.32 Å². The fraction of sp³-hybridized carbons (Fsp3) is 0.538. The molecule has 5 heteroatoms. The molecule has 102 valence electrons. The monoisotopic (exact) mass is 257 g/mol. The molecule has 0 aliphatic heterocycles. The van der Waals surface area contributed by atoms with Crippen LogP contribution in [0.5, 0.6) is 5.75 Å². The molecule has 0 aliphatic carbocycles. The van der Waals surface area contributed by atoms with Gasteiger partial charge in [-0.3, -0.25) is 0 Å². The first kappa shape index (κ1) is 14.9. The van der Waals surface area contributed by atoms with Crippen LogP contribution in [0.25, 0.3) is 0 Å². The number of aromatic hydroxyl groups is 1. The van der Waals surface area contributed by atoms with E-state index in [1.54, 1.807) is 0 Å². The summed E-state index contributed by atoms with van der Waals surface area (Å²) in [5, 5.41) is 12.6. The van der Waals surface area contributed by atoms with E-state index in [2.05, 4.69) is 5.32 Å². The molecule has 1 rings (SSSR count). The molecule has 0 unspecified atom stereocenters. The van der Waals surface area contributed by atoms with Gasteiger partial charge in [0.15, 0.2) is 6.29 Å². The van der Waals surface area contributed by atoms with Gasteiger partial charge >= 0.3 is 0 Å². The van der Waals surface area contributed by atoms with E-state index in [9.17, 15) is 9.50 Å². The second kappa shape index (κ2) is 8.02. The van der Waals surface area contributed by atoms with E-state index in [4.69, 9.17) is 9.47 Å². The van der Waals surface area contributed by atoms with Crippen molar-refractivity contribution in [1.29, 1.82) is 0 Å². The summed E-state index contributed by atoms with van der Waals surface area (Å²) in [7, 11) is 0. The molecular weight excluding hydrogens is 237 g/mol. The Morgan fingerprint density at radius 1 is 1.28 bits per heavy atom. The highest BCUT2D eigenvalue weighted by molar-refractivity contribution is 5.32. The van der Waals surface area contributed by atoms with Gasteiger partial charge in [-0.2, -0.15) is 0 Å². The molecule has 0 atom stereocenters. The van der Waals surface area contributed by atoms with Crippen LogP contribution in [0.2, 0.25) is 0 Å². The van der Waals surface area contributed by atoms with E-state index in [1.165, 1.54) is 18.2 Å². The minimum Gasteiger partial charge on any atom is -0.508 e. The van der Waals surface area contributed by atoms with Crippen LogP contribution in [0.4, 0.5) is 4.39 Å². The molecule has 0 aliphatic rings. The molecule has 0 bridgehead atoms. The molecule has 1 aromatic carbocycles.